The predicted octanol–water partition coefficient (Wildman–Crippen LogP) is 1.94. The highest BCUT2D eigenvalue weighted by Gasteiger charge is 2.45. The number of hydrogen-bond acceptors (Lipinski definition) is 4. The second kappa shape index (κ2) is 5.10. The zero-order valence-corrected chi connectivity index (χ0v) is 7.44. The van der Waals surface area contributed by atoms with E-state index in [1.807, 2.05) is 0 Å². The summed E-state index contributed by atoms with van der Waals surface area (Å²) < 4.78 is 70.5. The predicted molar refractivity (Wildman–Crippen MR) is 35.3 cm³/mol. The fourth-order valence-electron chi connectivity index (χ4n) is 0.477. The van der Waals surface area contributed by atoms with Crippen LogP contribution in [0.1, 0.15) is 0 Å². The van der Waals surface area contributed by atoms with Crippen molar-refractivity contribution in [2.45, 2.75) is 12.2 Å². The van der Waals surface area contributed by atoms with E-state index in [1.165, 1.54) is 0 Å². The minimum absolute atomic E-state index is 0.831. The van der Waals surface area contributed by atoms with E-state index < -0.39 is 31.7 Å². The number of carbonyl (C=O) groups excluding carboxylic acids is 1. The number of carbonyl (C=O) groups is 1. The Morgan fingerprint density at radius 1 is 1.20 bits per heavy atom. The average molecular weight is 238 g/mol. The molecule has 0 atom stereocenters. The van der Waals surface area contributed by atoms with Crippen molar-refractivity contribution < 1.29 is 41.0 Å². The van der Waals surface area contributed by atoms with Crippen molar-refractivity contribution in [3.8, 4) is 0 Å². The lowest BCUT2D eigenvalue weighted by molar-refractivity contribution is -0.384. The molecule has 0 spiro atoms. The van der Waals surface area contributed by atoms with E-state index >= 15 is 0 Å². The van der Waals surface area contributed by atoms with Crippen molar-refractivity contribution in [3.05, 3.63) is 0 Å². The summed E-state index contributed by atoms with van der Waals surface area (Å²) in [5, 5.41) is 0. The Balaban J connectivity index is 4.13. The van der Waals surface area contributed by atoms with Crippen LogP contribution < -0.4 is 0 Å². The summed E-state index contributed by atoms with van der Waals surface area (Å²) in [4.78, 5) is 10.2. The molecule has 0 amide bonds. The van der Waals surface area contributed by atoms with E-state index in [4.69, 9.17) is 0 Å². The molecule has 0 saturated heterocycles. The average Bonchev–Trinajstić information content (AvgIpc) is 2.13. The maximum atomic E-state index is 12.4. The summed E-state index contributed by atoms with van der Waals surface area (Å²) in [6, 6.07) is 0. The molecule has 0 heterocycles. The summed E-state index contributed by atoms with van der Waals surface area (Å²) in [7, 11) is 0.831. The molecule has 0 saturated carbocycles. The first-order valence-electron chi connectivity index (χ1n) is 3.45. The van der Waals surface area contributed by atoms with Gasteiger partial charge in [-0.05, 0) is 0 Å². The number of halogens is 5. The molecular weight excluding hydrogens is 231 g/mol. The van der Waals surface area contributed by atoms with Crippen molar-refractivity contribution in [3.63, 3.8) is 0 Å². The maximum absolute atomic E-state index is 12.4. The third-order valence-corrected chi connectivity index (χ3v) is 0.979. The Bertz CT molecular complexity index is 220. The molecule has 0 unspecified atom stereocenters. The molecule has 15 heavy (non-hydrogen) atoms. The minimum Gasteiger partial charge on any atom is -0.438 e. The lowest BCUT2D eigenvalue weighted by Gasteiger charge is -2.20. The number of rotatable bonds is 5. The molecule has 9 heteroatoms. The van der Waals surface area contributed by atoms with Gasteiger partial charge in [0, 0.05) is 0 Å². The number of alkyl halides is 5. The van der Waals surface area contributed by atoms with Crippen LogP contribution in [-0.2, 0) is 14.2 Å². The van der Waals surface area contributed by atoms with Gasteiger partial charge in [0.25, 0.3) is 0 Å². The highest BCUT2D eigenvalue weighted by molar-refractivity contribution is 5.59. The number of hydrogen-bond donors (Lipinski definition) is 0. The van der Waals surface area contributed by atoms with Crippen LogP contribution >= 0.6 is 0 Å². The maximum Gasteiger partial charge on any atom is 0.508 e. The van der Waals surface area contributed by atoms with Gasteiger partial charge in [0.05, 0.1) is 7.11 Å². The molecule has 0 aliphatic carbocycles. The number of methoxy groups -OCH3 is 1. The van der Waals surface area contributed by atoms with Crippen LogP contribution in [0.4, 0.5) is 26.7 Å². The monoisotopic (exact) mass is 238 g/mol. The first kappa shape index (κ1) is 13.9. The van der Waals surface area contributed by atoms with Crippen LogP contribution in [-0.4, -0.2) is 38.8 Å². The molecular formula is C6H7F5O4. The minimum atomic E-state index is -4.64. The summed E-state index contributed by atoms with van der Waals surface area (Å²) in [6.07, 6.45) is -10.6. The van der Waals surface area contributed by atoms with E-state index in [-0.39, 0.29) is 0 Å². The molecule has 0 aromatic heterocycles. The van der Waals surface area contributed by atoms with Gasteiger partial charge in [0.15, 0.2) is 13.3 Å². The molecule has 0 rings (SSSR count). The Hall–Kier alpha value is -1.12. The third kappa shape index (κ3) is 6.05. The topological polar surface area (TPSA) is 44.8 Å². The SMILES string of the molecule is COC(=O)OCC(F)(F)OC(F)(F)CF. The summed E-state index contributed by atoms with van der Waals surface area (Å²) in [5.74, 6) is 0. The van der Waals surface area contributed by atoms with Crippen LogP contribution in [0.2, 0.25) is 0 Å². The lowest BCUT2D eigenvalue weighted by Crippen LogP contribution is -2.38. The van der Waals surface area contributed by atoms with Crippen LogP contribution in [0.25, 0.3) is 0 Å². The van der Waals surface area contributed by atoms with Gasteiger partial charge in [0.2, 0.25) is 0 Å². The van der Waals surface area contributed by atoms with Crippen molar-refractivity contribution >= 4 is 6.16 Å². The Morgan fingerprint density at radius 2 is 1.73 bits per heavy atom. The molecule has 4 nitrogen and oxygen atoms in total. The van der Waals surface area contributed by atoms with Gasteiger partial charge in [-0.25, -0.2) is 9.18 Å². The smallest absolute Gasteiger partial charge is 0.438 e. The van der Waals surface area contributed by atoms with E-state index in [1.54, 1.807) is 0 Å². The zero-order valence-electron chi connectivity index (χ0n) is 7.44. The second-order valence-electron chi connectivity index (χ2n) is 2.25. The van der Waals surface area contributed by atoms with Crippen LogP contribution in [0.15, 0.2) is 0 Å². The largest absolute Gasteiger partial charge is 0.508 e. The summed E-state index contributed by atoms with van der Waals surface area (Å²) >= 11 is 0. The Labute approximate surface area is 80.9 Å². The van der Waals surface area contributed by atoms with E-state index in [0.29, 0.717) is 0 Å². The molecule has 0 radical (unpaired) electrons. The van der Waals surface area contributed by atoms with Gasteiger partial charge in [-0.1, -0.05) is 0 Å². The molecule has 0 aromatic carbocycles. The van der Waals surface area contributed by atoms with E-state index in [2.05, 4.69) is 14.2 Å². The van der Waals surface area contributed by atoms with Gasteiger partial charge in [0.1, 0.15) is 0 Å². The fourth-order valence-corrected chi connectivity index (χ4v) is 0.477. The van der Waals surface area contributed by atoms with E-state index in [9.17, 15) is 26.7 Å². The van der Waals surface area contributed by atoms with Gasteiger partial charge in [-0.3, -0.25) is 4.74 Å². The summed E-state index contributed by atoms with van der Waals surface area (Å²) in [5.41, 5.74) is 0. The molecule has 0 aromatic rings. The van der Waals surface area contributed by atoms with Gasteiger partial charge in [-0.2, -0.15) is 17.6 Å². The van der Waals surface area contributed by atoms with Crippen molar-refractivity contribution in [1.82, 2.24) is 0 Å². The van der Waals surface area contributed by atoms with Gasteiger partial charge >= 0.3 is 18.4 Å². The standard InChI is InChI=1S/C6H7F5O4/c1-13-4(12)14-3-6(10,11)15-5(8,9)2-7/h2-3H2,1H3. The van der Waals surface area contributed by atoms with Crippen LogP contribution in [0.3, 0.4) is 0 Å². The normalized spacial score (nSPS) is 12.4. The van der Waals surface area contributed by atoms with Gasteiger partial charge in [-0.15, -0.1) is 0 Å². The quantitative estimate of drug-likeness (QED) is 0.542. The van der Waals surface area contributed by atoms with Crippen molar-refractivity contribution in [2.75, 3.05) is 20.4 Å². The third-order valence-electron chi connectivity index (χ3n) is 0.979. The molecule has 0 bridgehead atoms. The number of ether oxygens (including phenoxy) is 3. The van der Waals surface area contributed by atoms with Crippen LogP contribution in [0, 0.1) is 0 Å². The molecule has 0 N–H and O–H groups in total. The van der Waals surface area contributed by atoms with E-state index in [0.717, 1.165) is 7.11 Å². The second-order valence-corrected chi connectivity index (χ2v) is 2.25. The molecule has 0 aliphatic heterocycles. The highest BCUT2D eigenvalue weighted by Crippen LogP contribution is 2.27. The first-order valence-corrected chi connectivity index (χ1v) is 3.45. The Morgan fingerprint density at radius 3 is 2.13 bits per heavy atom. The molecule has 0 aliphatic rings. The Kier molecular flexibility index (Phi) is 4.72. The highest BCUT2D eigenvalue weighted by atomic mass is 19.3. The van der Waals surface area contributed by atoms with Crippen molar-refractivity contribution in [1.29, 1.82) is 0 Å². The first-order chi connectivity index (χ1) is 6.72. The zero-order chi connectivity index (χ0) is 12.1. The van der Waals surface area contributed by atoms with Gasteiger partial charge < -0.3 is 9.47 Å². The van der Waals surface area contributed by atoms with Crippen molar-refractivity contribution in [2.24, 2.45) is 0 Å². The summed E-state index contributed by atoms with van der Waals surface area (Å²) in [6.45, 7) is -4.21. The molecule has 90 valence electrons. The molecule has 0 fully saturated rings. The van der Waals surface area contributed by atoms with Crippen LogP contribution in [0.5, 0.6) is 0 Å². The lowest BCUT2D eigenvalue weighted by atomic mass is 10.6. The fraction of sp³-hybridized carbons (Fsp3) is 0.833.